The summed E-state index contributed by atoms with van der Waals surface area (Å²) in [5.41, 5.74) is 8.11. The van der Waals surface area contributed by atoms with Crippen LogP contribution in [0.1, 0.15) is 18.9 Å². The number of hydrogen-bond donors (Lipinski definition) is 2. The smallest absolute Gasteiger partial charge is 0.321 e. The standard InChI is InChI=1S/C14H19N3O/c1-2-10-4-3-5-12(6-10)16-13(18)17-8-11-7-14(11,15)9-17/h3-6,11H,2,7-9,15H2,1H3,(H,16,18)/t11-,14+/m0/s1. The number of amides is 2. The number of likely N-dealkylation sites (tertiary alicyclic amines) is 1. The molecule has 2 aliphatic rings. The number of fused-ring (bicyclic) bond motifs is 1. The summed E-state index contributed by atoms with van der Waals surface area (Å²) in [6.45, 7) is 3.60. The van der Waals surface area contributed by atoms with Crippen molar-refractivity contribution >= 4 is 11.7 Å². The van der Waals surface area contributed by atoms with Crippen LogP contribution in [0, 0.1) is 5.92 Å². The number of rotatable bonds is 2. The Kier molecular flexibility index (Phi) is 2.55. The molecule has 2 fully saturated rings. The second-order valence-electron chi connectivity index (χ2n) is 5.50. The van der Waals surface area contributed by atoms with Crippen LogP contribution in [0.3, 0.4) is 0 Å². The lowest BCUT2D eigenvalue weighted by molar-refractivity contribution is 0.216. The van der Waals surface area contributed by atoms with Crippen molar-refractivity contribution in [1.82, 2.24) is 4.90 Å². The van der Waals surface area contributed by atoms with Gasteiger partial charge in [-0.25, -0.2) is 4.79 Å². The van der Waals surface area contributed by atoms with Gasteiger partial charge in [-0.3, -0.25) is 0 Å². The van der Waals surface area contributed by atoms with Crippen molar-refractivity contribution < 1.29 is 4.79 Å². The van der Waals surface area contributed by atoms with E-state index in [0.717, 1.165) is 25.1 Å². The number of nitrogens with two attached hydrogens (primary N) is 1. The summed E-state index contributed by atoms with van der Waals surface area (Å²) in [6.07, 6.45) is 2.05. The highest BCUT2D eigenvalue weighted by Crippen LogP contribution is 2.47. The van der Waals surface area contributed by atoms with E-state index in [-0.39, 0.29) is 11.6 Å². The second kappa shape index (κ2) is 3.99. The molecule has 4 heteroatoms. The first-order valence-corrected chi connectivity index (χ1v) is 6.54. The Hall–Kier alpha value is -1.55. The summed E-state index contributed by atoms with van der Waals surface area (Å²) < 4.78 is 0. The highest BCUT2D eigenvalue weighted by molar-refractivity contribution is 5.89. The Labute approximate surface area is 107 Å². The van der Waals surface area contributed by atoms with Crippen molar-refractivity contribution in [3.8, 4) is 0 Å². The molecule has 1 saturated carbocycles. The van der Waals surface area contributed by atoms with E-state index >= 15 is 0 Å². The molecule has 2 amide bonds. The number of aryl methyl sites for hydroxylation is 1. The second-order valence-corrected chi connectivity index (χ2v) is 5.50. The van der Waals surface area contributed by atoms with E-state index in [9.17, 15) is 4.79 Å². The average Bonchev–Trinajstić information content (AvgIpc) is 2.87. The van der Waals surface area contributed by atoms with Gasteiger partial charge in [-0.15, -0.1) is 0 Å². The first kappa shape index (κ1) is 11.5. The van der Waals surface area contributed by atoms with Crippen LogP contribution in [0.15, 0.2) is 24.3 Å². The van der Waals surface area contributed by atoms with Crippen molar-refractivity contribution in [3.05, 3.63) is 29.8 Å². The predicted octanol–water partition coefficient (Wildman–Crippen LogP) is 1.81. The summed E-state index contributed by atoms with van der Waals surface area (Å²) in [6, 6.07) is 7.95. The van der Waals surface area contributed by atoms with Gasteiger partial charge >= 0.3 is 6.03 Å². The molecular weight excluding hydrogens is 226 g/mol. The van der Waals surface area contributed by atoms with Gasteiger partial charge in [-0.05, 0) is 36.5 Å². The average molecular weight is 245 g/mol. The SMILES string of the molecule is CCc1cccc(NC(=O)N2C[C@@H]3C[C@@]3(N)C2)c1. The van der Waals surface area contributed by atoms with E-state index < -0.39 is 0 Å². The molecule has 1 aliphatic heterocycles. The number of carbonyl (C=O) groups is 1. The Bertz CT molecular complexity index is 488. The maximum Gasteiger partial charge on any atom is 0.321 e. The molecule has 0 aromatic heterocycles. The Balaban J connectivity index is 1.64. The molecule has 1 saturated heterocycles. The lowest BCUT2D eigenvalue weighted by Gasteiger charge is -2.20. The quantitative estimate of drug-likeness (QED) is 0.835. The fraction of sp³-hybridized carbons (Fsp3) is 0.500. The monoisotopic (exact) mass is 245 g/mol. The lowest BCUT2D eigenvalue weighted by Crippen LogP contribution is -2.39. The fourth-order valence-electron chi connectivity index (χ4n) is 2.75. The number of carbonyl (C=O) groups excluding carboxylic acids is 1. The summed E-state index contributed by atoms with van der Waals surface area (Å²) in [7, 11) is 0. The van der Waals surface area contributed by atoms with Crippen LogP contribution in [0.5, 0.6) is 0 Å². The third-order valence-corrected chi connectivity index (χ3v) is 4.08. The highest BCUT2D eigenvalue weighted by Gasteiger charge is 2.58. The normalized spacial score (nSPS) is 29.0. The zero-order valence-electron chi connectivity index (χ0n) is 10.6. The highest BCUT2D eigenvalue weighted by atomic mass is 16.2. The molecule has 0 spiro atoms. The molecular formula is C14H19N3O. The van der Waals surface area contributed by atoms with Gasteiger partial charge in [-0.1, -0.05) is 19.1 Å². The van der Waals surface area contributed by atoms with E-state index in [1.807, 2.05) is 23.1 Å². The molecule has 1 aromatic carbocycles. The molecule has 2 atom stereocenters. The van der Waals surface area contributed by atoms with Crippen LogP contribution in [0.2, 0.25) is 0 Å². The number of hydrogen-bond acceptors (Lipinski definition) is 2. The van der Waals surface area contributed by atoms with Crippen LogP contribution < -0.4 is 11.1 Å². The molecule has 1 aromatic rings. The Morgan fingerprint density at radius 3 is 3.11 bits per heavy atom. The minimum absolute atomic E-state index is 0.0275. The Morgan fingerprint density at radius 2 is 2.44 bits per heavy atom. The fourth-order valence-corrected chi connectivity index (χ4v) is 2.75. The van der Waals surface area contributed by atoms with Gasteiger partial charge < -0.3 is 16.0 Å². The van der Waals surface area contributed by atoms with Crippen molar-refractivity contribution in [1.29, 1.82) is 0 Å². The van der Waals surface area contributed by atoms with Crippen molar-refractivity contribution in [3.63, 3.8) is 0 Å². The van der Waals surface area contributed by atoms with Gasteiger partial charge in [0.1, 0.15) is 0 Å². The van der Waals surface area contributed by atoms with E-state index in [1.54, 1.807) is 0 Å². The van der Waals surface area contributed by atoms with Crippen molar-refractivity contribution in [2.45, 2.75) is 25.3 Å². The summed E-state index contributed by atoms with van der Waals surface area (Å²) in [5.74, 6) is 0.519. The van der Waals surface area contributed by atoms with E-state index in [4.69, 9.17) is 5.73 Å². The number of anilines is 1. The molecule has 3 N–H and O–H groups in total. The number of urea groups is 1. The molecule has 1 heterocycles. The van der Waals surface area contributed by atoms with Gasteiger partial charge in [0.25, 0.3) is 0 Å². The number of nitrogens with one attached hydrogen (secondary N) is 1. The predicted molar refractivity (Wildman–Crippen MR) is 71.4 cm³/mol. The van der Waals surface area contributed by atoms with Gasteiger partial charge in [0, 0.05) is 24.3 Å². The maximum absolute atomic E-state index is 12.1. The Morgan fingerprint density at radius 1 is 1.61 bits per heavy atom. The topological polar surface area (TPSA) is 58.4 Å². The third kappa shape index (κ3) is 1.97. The zero-order valence-corrected chi connectivity index (χ0v) is 10.6. The molecule has 1 aliphatic carbocycles. The summed E-state index contributed by atoms with van der Waals surface area (Å²) in [5, 5.41) is 2.95. The molecule has 0 bridgehead atoms. The van der Waals surface area contributed by atoms with Gasteiger partial charge in [-0.2, -0.15) is 0 Å². The van der Waals surface area contributed by atoms with E-state index in [2.05, 4.69) is 18.3 Å². The number of benzene rings is 1. The largest absolute Gasteiger partial charge is 0.323 e. The third-order valence-electron chi connectivity index (χ3n) is 4.08. The minimum Gasteiger partial charge on any atom is -0.323 e. The van der Waals surface area contributed by atoms with Crippen molar-refractivity contribution in [2.24, 2.45) is 11.7 Å². The molecule has 96 valence electrons. The molecule has 3 rings (SSSR count). The van der Waals surface area contributed by atoms with Crippen LogP contribution in [-0.2, 0) is 6.42 Å². The molecule has 18 heavy (non-hydrogen) atoms. The van der Waals surface area contributed by atoms with Gasteiger partial charge in [0.15, 0.2) is 0 Å². The number of nitrogens with zero attached hydrogens (tertiary/aromatic N) is 1. The zero-order chi connectivity index (χ0) is 12.8. The molecule has 0 radical (unpaired) electrons. The minimum atomic E-state index is -0.0807. The van der Waals surface area contributed by atoms with Crippen LogP contribution in [0.25, 0.3) is 0 Å². The summed E-state index contributed by atoms with van der Waals surface area (Å²) in [4.78, 5) is 13.9. The van der Waals surface area contributed by atoms with E-state index in [0.29, 0.717) is 12.5 Å². The van der Waals surface area contributed by atoms with Crippen LogP contribution in [0.4, 0.5) is 10.5 Å². The maximum atomic E-state index is 12.1. The molecule has 4 nitrogen and oxygen atoms in total. The van der Waals surface area contributed by atoms with Crippen molar-refractivity contribution in [2.75, 3.05) is 18.4 Å². The van der Waals surface area contributed by atoms with Gasteiger partial charge in [0.2, 0.25) is 0 Å². The lowest BCUT2D eigenvalue weighted by atomic mass is 10.1. The molecule has 0 unspecified atom stereocenters. The van der Waals surface area contributed by atoms with Gasteiger partial charge in [0.05, 0.1) is 0 Å². The first-order chi connectivity index (χ1) is 8.60. The van der Waals surface area contributed by atoms with E-state index in [1.165, 1.54) is 5.56 Å². The number of piperidine rings is 1. The van der Waals surface area contributed by atoms with Crippen LogP contribution in [-0.4, -0.2) is 29.6 Å². The summed E-state index contributed by atoms with van der Waals surface area (Å²) >= 11 is 0. The first-order valence-electron chi connectivity index (χ1n) is 6.54. The van der Waals surface area contributed by atoms with Crippen LogP contribution >= 0.6 is 0 Å².